The Bertz CT molecular complexity index is 347. The minimum Gasteiger partial charge on any atom is -0.504 e. The van der Waals surface area contributed by atoms with Crippen LogP contribution in [0.5, 0.6) is 11.5 Å². The Kier molecular flexibility index (Phi) is 6.79. The lowest BCUT2D eigenvalue weighted by molar-refractivity contribution is 0.367. The first-order valence-electron chi connectivity index (χ1n) is 4.92. The van der Waals surface area contributed by atoms with Gasteiger partial charge in [0.05, 0.1) is 7.11 Å². The number of halogens is 2. The average molecular weight is 311 g/mol. The lowest BCUT2D eigenvalue weighted by atomic mass is 10.0. The minimum absolute atomic E-state index is 0. The summed E-state index contributed by atoms with van der Waals surface area (Å²) < 4.78 is 5.92. The van der Waals surface area contributed by atoms with Crippen molar-refractivity contribution in [2.75, 3.05) is 7.11 Å². The third kappa shape index (κ3) is 3.54. The summed E-state index contributed by atoms with van der Waals surface area (Å²) in [5, 5.41) is 9.88. The van der Waals surface area contributed by atoms with Crippen molar-refractivity contribution in [3.63, 3.8) is 0 Å². The maximum atomic E-state index is 9.88. The molecule has 0 radical (unpaired) electrons. The summed E-state index contributed by atoms with van der Waals surface area (Å²) in [5.41, 5.74) is 6.69. The Balaban J connectivity index is 0.00000225. The van der Waals surface area contributed by atoms with Gasteiger partial charge in [0.2, 0.25) is 0 Å². The number of methoxy groups -OCH3 is 1. The van der Waals surface area contributed by atoms with Crippen LogP contribution in [0, 0.1) is 0 Å². The van der Waals surface area contributed by atoms with E-state index >= 15 is 0 Å². The summed E-state index contributed by atoms with van der Waals surface area (Å²) in [7, 11) is 1.52. The van der Waals surface area contributed by atoms with Crippen molar-refractivity contribution in [2.45, 2.75) is 25.8 Å². The van der Waals surface area contributed by atoms with Crippen LogP contribution in [0.3, 0.4) is 0 Å². The van der Waals surface area contributed by atoms with Gasteiger partial charge in [-0.15, -0.1) is 12.4 Å². The summed E-state index contributed by atoms with van der Waals surface area (Å²) in [4.78, 5) is 0. The third-order valence-corrected chi connectivity index (χ3v) is 2.75. The number of nitrogens with two attached hydrogens (primary N) is 1. The Labute approximate surface area is 111 Å². The monoisotopic (exact) mass is 309 g/mol. The van der Waals surface area contributed by atoms with E-state index in [1.54, 1.807) is 6.07 Å². The summed E-state index contributed by atoms with van der Waals surface area (Å²) in [6.45, 7) is 2.06. The first-order chi connectivity index (χ1) is 7.10. The van der Waals surface area contributed by atoms with E-state index < -0.39 is 0 Å². The molecule has 0 unspecified atom stereocenters. The van der Waals surface area contributed by atoms with Crippen molar-refractivity contribution >= 4 is 28.3 Å². The van der Waals surface area contributed by atoms with E-state index in [1.807, 2.05) is 6.07 Å². The maximum Gasteiger partial charge on any atom is 0.162 e. The van der Waals surface area contributed by atoms with Gasteiger partial charge < -0.3 is 15.6 Å². The SMILES string of the molecule is CCC[C@H](N)c1cc(Br)cc(OC)c1O.Cl. The van der Waals surface area contributed by atoms with E-state index in [1.165, 1.54) is 7.11 Å². The molecule has 1 atom stereocenters. The number of ether oxygens (including phenoxy) is 1. The molecule has 3 N–H and O–H groups in total. The van der Waals surface area contributed by atoms with Crippen molar-refractivity contribution in [2.24, 2.45) is 5.73 Å². The summed E-state index contributed by atoms with van der Waals surface area (Å²) in [5.74, 6) is 0.590. The number of phenolic OH excluding ortho intramolecular Hbond substituents is 1. The van der Waals surface area contributed by atoms with Crippen LogP contribution in [0.15, 0.2) is 16.6 Å². The van der Waals surface area contributed by atoms with E-state index in [9.17, 15) is 5.11 Å². The molecule has 0 aliphatic rings. The standard InChI is InChI=1S/C11H16BrNO2.ClH/c1-3-4-9(13)8-5-7(12)6-10(15-2)11(8)14;/h5-6,9,14H,3-4,13H2,1-2H3;1H/t9-;/m0./s1. The highest BCUT2D eigenvalue weighted by Crippen LogP contribution is 2.37. The normalized spacial score (nSPS) is 11.8. The van der Waals surface area contributed by atoms with Gasteiger partial charge in [-0.05, 0) is 18.6 Å². The molecule has 0 aliphatic carbocycles. The highest BCUT2D eigenvalue weighted by molar-refractivity contribution is 9.10. The number of hydrogen-bond donors (Lipinski definition) is 2. The van der Waals surface area contributed by atoms with Gasteiger partial charge in [-0.2, -0.15) is 0 Å². The molecular formula is C11H17BrClNO2. The molecule has 0 heterocycles. The van der Waals surface area contributed by atoms with E-state index in [4.69, 9.17) is 10.5 Å². The van der Waals surface area contributed by atoms with E-state index in [0.717, 1.165) is 22.9 Å². The molecule has 0 spiro atoms. The Hall–Kier alpha value is -0.450. The van der Waals surface area contributed by atoms with Gasteiger partial charge in [-0.25, -0.2) is 0 Å². The molecule has 5 heteroatoms. The van der Waals surface area contributed by atoms with Crippen molar-refractivity contribution in [3.8, 4) is 11.5 Å². The molecule has 0 amide bonds. The maximum absolute atomic E-state index is 9.88. The lowest BCUT2D eigenvalue weighted by Crippen LogP contribution is -2.10. The third-order valence-electron chi connectivity index (χ3n) is 2.29. The zero-order valence-electron chi connectivity index (χ0n) is 9.37. The molecular weight excluding hydrogens is 293 g/mol. The highest BCUT2D eigenvalue weighted by atomic mass is 79.9. The lowest BCUT2D eigenvalue weighted by Gasteiger charge is -2.15. The fraction of sp³-hybridized carbons (Fsp3) is 0.455. The Morgan fingerprint density at radius 2 is 2.12 bits per heavy atom. The number of rotatable bonds is 4. The quantitative estimate of drug-likeness (QED) is 0.896. The van der Waals surface area contributed by atoms with Gasteiger partial charge in [0.25, 0.3) is 0 Å². The second kappa shape index (κ2) is 6.99. The Morgan fingerprint density at radius 3 is 2.62 bits per heavy atom. The van der Waals surface area contributed by atoms with Crippen LogP contribution in [0.25, 0.3) is 0 Å². The summed E-state index contributed by atoms with van der Waals surface area (Å²) >= 11 is 3.36. The van der Waals surface area contributed by atoms with Crippen LogP contribution >= 0.6 is 28.3 Å². The smallest absolute Gasteiger partial charge is 0.162 e. The second-order valence-electron chi connectivity index (χ2n) is 3.44. The molecule has 0 saturated heterocycles. The minimum atomic E-state index is -0.151. The first-order valence-corrected chi connectivity index (χ1v) is 5.71. The van der Waals surface area contributed by atoms with Gasteiger partial charge in [-0.1, -0.05) is 29.3 Å². The Morgan fingerprint density at radius 1 is 1.50 bits per heavy atom. The molecule has 3 nitrogen and oxygen atoms in total. The van der Waals surface area contributed by atoms with Crippen LogP contribution in [-0.2, 0) is 0 Å². The van der Waals surface area contributed by atoms with E-state index in [2.05, 4.69) is 22.9 Å². The molecule has 0 fully saturated rings. The first kappa shape index (κ1) is 15.6. The van der Waals surface area contributed by atoms with Crippen LogP contribution in [0.4, 0.5) is 0 Å². The van der Waals surface area contributed by atoms with Crippen molar-refractivity contribution < 1.29 is 9.84 Å². The molecule has 0 aromatic heterocycles. The molecule has 1 aromatic rings. The van der Waals surface area contributed by atoms with Crippen LogP contribution in [0.1, 0.15) is 31.4 Å². The van der Waals surface area contributed by atoms with Crippen molar-refractivity contribution in [1.29, 1.82) is 0 Å². The van der Waals surface area contributed by atoms with Gasteiger partial charge in [0.1, 0.15) is 0 Å². The highest BCUT2D eigenvalue weighted by Gasteiger charge is 2.15. The zero-order valence-corrected chi connectivity index (χ0v) is 11.8. The molecule has 0 aliphatic heterocycles. The fourth-order valence-corrected chi connectivity index (χ4v) is 1.95. The predicted molar refractivity (Wildman–Crippen MR) is 71.4 cm³/mol. The summed E-state index contributed by atoms with van der Waals surface area (Å²) in [6, 6.07) is 3.40. The van der Waals surface area contributed by atoms with Crippen LogP contribution in [0.2, 0.25) is 0 Å². The number of benzene rings is 1. The number of hydrogen-bond acceptors (Lipinski definition) is 3. The zero-order chi connectivity index (χ0) is 11.4. The van der Waals surface area contributed by atoms with E-state index in [-0.39, 0.29) is 24.2 Å². The van der Waals surface area contributed by atoms with Crippen molar-refractivity contribution in [1.82, 2.24) is 0 Å². The predicted octanol–water partition coefficient (Wildman–Crippen LogP) is 3.39. The van der Waals surface area contributed by atoms with Gasteiger partial charge >= 0.3 is 0 Å². The molecule has 1 rings (SSSR count). The van der Waals surface area contributed by atoms with Gasteiger partial charge in [0.15, 0.2) is 11.5 Å². The molecule has 0 saturated carbocycles. The molecule has 92 valence electrons. The molecule has 1 aromatic carbocycles. The second-order valence-corrected chi connectivity index (χ2v) is 4.36. The summed E-state index contributed by atoms with van der Waals surface area (Å²) in [6.07, 6.45) is 1.82. The fourth-order valence-electron chi connectivity index (χ4n) is 1.50. The number of aromatic hydroxyl groups is 1. The van der Waals surface area contributed by atoms with Crippen molar-refractivity contribution in [3.05, 3.63) is 22.2 Å². The molecule has 16 heavy (non-hydrogen) atoms. The topological polar surface area (TPSA) is 55.5 Å². The van der Waals surface area contributed by atoms with Crippen LogP contribution in [-0.4, -0.2) is 12.2 Å². The van der Waals surface area contributed by atoms with Gasteiger partial charge in [-0.3, -0.25) is 0 Å². The average Bonchev–Trinajstić information content (AvgIpc) is 2.21. The molecule has 0 bridgehead atoms. The van der Waals surface area contributed by atoms with Crippen LogP contribution < -0.4 is 10.5 Å². The van der Waals surface area contributed by atoms with E-state index in [0.29, 0.717) is 5.75 Å². The largest absolute Gasteiger partial charge is 0.504 e. The van der Waals surface area contributed by atoms with Gasteiger partial charge in [0, 0.05) is 16.1 Å². The number of phenols is 1.